The lowest BCUT2D eigenvalue weighted by atomic mass is 9.94. The zero-order valence-electron chi connectivity index (χ0n) is 8.20. The topological polar surface area (TPSA) is 64.1 Å². The van der Waals surface area contributed by atoms with E-state index in [9.17, 15) is 5.11 Å². The third-order valence-electron chi connectivity index (χ3n) is 2.42. The normalized spacial score (nSPS) is 15.7. The van der Waals surface area contributed by atoms with E-state index in [1.807, 2.05) is 20.0 Å². The molecular weight excluding hydrogens is 166 g/mol. The Morgan fingerprint density at radius 2 is 2.31 bits per heavy atom. The molecule has 0 saturated heterocycles. The monoisotopic (exact) mass is 183 g/mol. The Morgan fingerprint density at radius 1 is 1.62 bits per heavy atom. The van der Waals surface area contributed by atoms with Gasteiger partial charge in [-0.05, 0) is 13.3 Å². The van der Waals surface area contributed by atoms with E-state index in [0.29, 0.717) is 6.42 Å². The number of nitrogens with two attached hydrogens (primary N) is 1. The first-order valence-corrected chi connectivity index (χ1v) is 4.61. The Kier molecular flexibility index (Phi) is 3.06. The molecule has 4 nitrogen and oxygen atoms in total. The number of hydrogen-bond donors (Lipinski definition) is 2. The van der Waals surface area contributed by atoms with Gasteiger partial charge >= 0.3 is 0 Å². The van der Waals surface area contributed by atoms with Gasteiger partial charge in [0.2, 0.25) is 0 Å². The predicted molar refractivity (Wildman–Crippen MR) is 51.1 cm³/mol. The minimum absolute atomic E-state index is 0.235. The van der Waals surface area contributed by atoms with Gasteiger partial charge in [0.25, 0.3) is 0 Å². The molecule has 3 N–H and O–H groups in total. The molecule has 1 rings (SSSR count). The molecule has 0 spiro atoms. The number of aliphatic hydroxyl groups is 1. The summed E-state index contributed by atoms with van der Waals surface area (Å²) in [6.45, 7) is 4.96. The third-order valence-corrected chi connectivity index (χ3v) is 2.42. The van der Waals surface area contributed by atoms with Gasteiger partial charge in [-0.25, -0.2) is 0 Å². The second kappa shape index (κ2) is 3.89. The van der Waals surface area contributed by atoms with Crippen LogP contribution < -0.4 is 5.73 Å². The van der Waals surface area contributed by atoms with Crippen molar-refractivity contribution in [3.05, 3.63) is 18.0 Å². The fourth-order valence-corrected chi connectivity index (χ4v) is 1.24. The summed E-state index contributed by atoms with van der Waals surface area (Å²) in [5.41, 5.74) is 5.41. The zero-order chi connectivity index (χ0) is 9.90. The Bertz CT molecular complexity index is 266. The minimum atomic E-state index is -0.909. The van der Waals surface area contributed by atoms with Crippen molar-refractivity contribution in [2.24, 2.45) is 5.73 Å². The van der Waals surface area contributed by atoms with Crippen LogP contribution >= 0.6 is 0 Å². The molecule has 0 bridgehead atoms. The van der Waals surface area contributed by atoms with Crippen LogP contribution in [-0.4, -0.2) is 21.4 Å². The van der Waals surface area contributed by atoms with Gasteiger partial charge in [0.1, 0.15) is 5.60 Å². The SMILES string of the molecule is CCn1cc(C(O)(CC)CN)cn1. The molecule has 1 atom stereocenters. The summed E-state index contributed by atoms with van der Waals surface area (Å²) in [7, 11) is 0. The lowest BCUT2D eigenvalue weighted by Crippen LogP contribution is -2.33. The molecule has 1 heterocycles. The fraction of sp³-hybridized carbons (Fsp3) is 0.667. The van der Waals surface area contributed by atoms with E-state index >= 15 is 0 Å². The summed E-state index contributed by atoms with van der Waals surface area (Å²) in [4.78, 5) is 0. The molecular formula is C9H17N3O. The molecule has 0 amide bonds. The molecule has 0 saturated carbocycles. The Labute approximate surface area is 78.4 Å². The Morgan fingerprint density at radius 3 is 2.69 bits per heavy atom. The van der Waals surface area contributed by atoms with Crippen molar-refractivity contribution in [3.63, 3.8) is 0 Å². The second-order valence-electron chi connectivity index (χ2n) is 3.17. The van der Waals surface area contributed by atoms with Crippen LogP contribution in [0.25, 0.3) is 0 Å². The summed E-state index contributed by atoms with van der Waals surface area (Å²) in [5.74, 6) is 0. The van der Waals surface area contributed by atoms with Crippen molar-refractivity contribution in [1.82, 2.24) is 9.78 Å². The largest absolute Gasteiger partial charge is 0.384 e. The minimum Gasteiger partial charge on any atom is -0.384 e. The van der Waals surface area contributed by atoms with Gasteiger partial charge in [-0.3, -0.25) is 4.68 Å². The Balaban J connectivity index is 2.91. The van der Waals surface area contributed by atoms with Crippen LogP contribution in [0.4, 0.5) is 0 Å². The molecule has 0 aliphatic heterocycles. The molecule has 74 valence electrons. The van der Waals surface area contributed by atoms with Crippen LogP contribution in [0.5, 0.6) is 0 Å². The fourth-order valence-electron chi connectivity index (χ4n) is 1.24. The lowest BCUT2D eigenvalue weighted by Gasteiger charge is -2.22. The van der Waals surface area contributed by atoms with Crippen molar-refractivity contribution in [2.75, 3.05) is 6.54 Å². The average molecular weight is 183 g/mol. The van der Waals surface area contributed by atoms with Gasteiger partial charge in [-0.2, -0.15) is 5.10 Å². The highest BCUT2D eigenvalue weighted by atomic mass is 16.3. The van der Waals surface area contributed by atoms with Crippen LogP contribution in [0, 0.1) is 0 Å². The lowest BCUT2D eigenvalue weighted by molar-refractivity contribution is 0.0418. The summed E-state index contributed by atoms with van der Waals surface area (Å²) >= 11 is 0. The van der Waals surface area contributed by atoms with E-state index in [-0.39, 0.29) is 6.54 Å². The van der Waals surface area contributed by atoms with Gasteiger partial charge in [0.15, 0.2) is 0 Å². The highest BCUT2D eigenvalue weighted by molar-refractivity contribution is 5.15. The summed E-state index contributed by atoms with van der Waals surface area (Å²) in [6.07, 6.45) is 4.13. The quantitative estimate of drug-likeness (QED) is 0.712. The van der Waals surface area contributed by atoms with Crippen molar-refractivity contribution in [2.45, 2.75) is 32.4 Å². The molecule has 1 aromatic rings. The van der Waals surface area contributed by atoms with E-state index in [0.717, 1.165) is 12.1 Å². The Hall–Kier alpha value is -0.870. The molecule has 4 heteroatoms. The van der Waals surface area contributed by atoms with Crippen LogP contribution in [0.2, 0.25) is 0 Å². The van der Waals surface area contributed by atoms with Gasteiger partial charge in [0.05, 0.1) is 6.20 Å². The third kappa shape index (κ3) is 1.89. The van der Waals surface area contributed by atoms with Crippen LogP contribution in [0.3, 0.4) is 0 Å². The maximum Gasteiger partial charge on any atom is 0.105 e. The summed E-state index contributed by atoms with van der Waals surface area (Å²) in [6, 6.07) is 0. The van der Waals surface area contributed by atoms with Crippen LogP contribution in [-0.2, 0) is 12.1 Å². The van der Waals surface area contributed by atoms with Crippen molar-refractivity contribution in [3.8, 4) is 0 Å². The second-order valence-corrected chi connectivity index (χ2v) is 3.17. The first kappa shape index (κ1) is 10.2. The molecule has 0 fully saturated rings. The molecule has 0 aliphatic rings. The van der Waals surface area contributed by atoms with E-state index in [4.69, 9.17) is 5.73 Å². The van der Waals surface area contributed by atoms with Crippen molar-refractivity contribution in [1.29, 1.82) is 0 Å². The molecule has 0 radical (unpaired) electrons. The number of rotatable bonds is 4. The highest BCUT2D eigenvalue weighted by Crippen LogP contribution is 2.22. The first-order valence-electron chi connectivity index (χ1n) is 4.61. The van der Waals surface area contributed by atoms with Crippen molar-refractivity contribution >= 4 is 0 Å². The van der Waals surface area contributed by atoms with Gasteiger partial charge in [0, 0.05) is 24.8 Å². The highest BCUT2D eigenvalue weighted by Gasteiger charge is 2.26. The molecule has 13 heavy (non-hydrogen) atoms. The van der Waals surface area contributed by atoms with Gasteiger partial charge in [-0.15, -0.1) is 0 Å². The summed E-state index contributed by atoms with van der Waals surface area (Å²) < 4.78 is 1.78. The van der Waals surface area contributed by atoms with E-state index < -0.39 is 5.60 Å². The molecule has 0 aromatic carbocycles. The first-order chi connectivity index (χ1) is 6.16. The smallest absolute Gasteiger partial charge is 0.105 e. The molecule has 1 aromatic heterocycles. The summed E-state index contributed by atoms with van der Waals surface area (Å²) in [5, 5.41) is 14.1. The maximum absolute atomic E-state index is 10.0. The van der Waals surface area contributed by atoms with Crippen LogP contribution in [0.1, 0.15) is 25.8 Å². The zero-order valence-corrected chi connectivity index (χ0v) is 8.20. The van der Waals surface area contributed by atoms with Gasteiger partial charge in [-0.1, -0.05) is 6.92 Å². The molecule has 1 unspecified atom stereocenters. The standard InChI is InChI=1S/C9H17N3O/c1-3-9(13,7-10)8-5-11-12(4-2)6-8/h5-6,13H,3-4,7,10H2,1-2H3. The number of aryl methyl sites for hydroxylation is 1. The van der Waals surface area contributed by atoms with E-state index in [1.165, 1.54) is 0 Å². The number of nitrogens with zero attached hydrogens (tertiary/aromatic N) is 2. The van der Waals surface area contributed by atoms with Crippen LogP contribution in [0.15, 0.2) is 12.4 Å². The number of hydrogen-bond acceptors (Lipinski definition) is 3. The maximum atomic E-state index is 10.0. The molecule has 0 aliphatic carbocycles. The number of aromatic nitrogens is 2. The van der Waals surface area contributed by atoms with E-state index in [1.54, 1.807) is 10.9 Å². The van der Waals surface area contributed by atoms with Crippen molar-refractivity contribution < 1.29 is 5.11 Å². The van der Waals surface area contributed by atoms with E-state index in [2.05, 4.69) is 5.10 Å². The predicted octanol–water partition coefficient (Wildman–Crippen LogP) is 0.459. The average Bonchev–Trinajstić information content (AvgIpc) is 2.65. The van der Waals surface area contributed by atoms with Gasteiger partial charge < -0.3 is 10.8 Å².